The van der Waals surface area contributed by atoms with Crippen molar-refractivity contribution in [1.82, 2.24) is 0 Å². The number of benzene rings is 1. The Bertz CT molecular complexity index is 269. The molecular formula is C8H9Cl2NO2. The van der Waals surface area contributed by atoms with Crippen LogP contribution in [0.1, 0.15) is 0 Å². The molecule has 0 saturated heterocycles. The molecule has 13 heavy (non-hydrogen) atoms. The van der Waals surface area contributed by atoms with Crippen molar-refractivity contribution in [2.24, 2.45) is 0 Å². The molecule has 0 radical (unpaired) electrons. The number of anilines is 1. The molecule has 1 aromatic carbocycles. The molecule has 0 saturated carbocycles. The fourth-order valence-electron chi connectivity index (χ4n) is 0.890. The summed E-state index contributed by atoms with van der Waals surface area (Å²) < 4.78 is 11.0. The van der Waals surface area contributed by atoms with Gasteiger partial charge in [-0.2, -0.15) is 3.94 Å². The van der Waals surface area contributed by atoms with E-state index in [-0.39, 0.29) is 0 Å². The molecule has 0 aliphatic heterocycles. The number of halogens is 2. The van der Waals surface area contributed by atoms with Crippen LogP contribution in [0.2, 0.25) is 0 Å². The standard InChI is InChI=1S/C8H9Cl2NO2/c1-12-7-3-6(11(9)10)4-8(5-7)13-2/h3-5H,1-2H3. The minimum absolute atomic E-state index is 0.597. The van der Waals surface area contributed by atoms with Gasteiger partial charge >= 0.3 is 0 Å². The molecule has 0 spiro atoms. The van der Waals surface area contributed by atoms with Crippen molar-refractivity contribution >= 4 is 29.2 Å². The smallest absolute Gasteiger partial charge is 0.124 e. The lowest BCUT2D eigenvalue weighted by atomic mass is 10.3. The van der Waals surface area contributed by atoms with Gasteiger partial charge in [-0.3, -0.25) is 0 Å². The van der Waals surface area contributed by atoms with Gasteiger partial charge < -0.3 is 9.47 Å². The van der Waals surface area contributed by atoms with Gasteiger partial charge in [-0.15, -0.1) is 0 Å². The fourth-order valence-corrected chi connectivity index (χ4v) is 1.09. The predicted molar refractivity (Wildman–Crippen MR) is 53.7 cm³/mol. The lowest BCUT2D eigenvalue weighted by molar-refractivity contribution is 0.394. The Labute approximate surface area is 87.0 Å². The summed E-state index contributed by atoms with van der Waals surface area (Å²) in [4.78, 5) is 0. The summed E-state index contributed by atoms with van der Waals surface area (Å²) in [7, 11) is 3.12. The number of hydrogen-bond acceptors (Lipinski definition) is 3. The normalized spacial score (nSPS) is 9.54. The second kappa shape index (κ2) is 4.44. The molecule has 5 heteroatoms. The van der Waals surface area contributed by atoms with Gasteiger partial charge in [0.05, 0.1) is 19.9 Å². The Morgan fingerprint density at radius 2 is 1.46 bits per heavy atom. The number of hydrogen-bond donors (Lipinski definition) is 0. The Hall–Kier alpha value is -0.800. The van der Waals surface area contributed by atoms with Crippen LogP contribution < -0.4 is 13.4 Å². The van der Waals surface area contributed by atoms with Crippen molar-refractivity contribution in [3.63, 3.8) is 0 Å². The number of rotatable bonds is 3. The van der Waals surface area contributed by atoms with Crippen LogP contribution in [0, 0.1) is 0 Å². The Balaban J connectivity index is 3.07. The second-order valence-electron chi connectivity index (χ2n) is 2.30. The minimum atomic E-state index is 0.597. The van der Waals surface area contributed by atoms with Crippen molar-refractivity contribution in [3.8, 4) is 11.5 Å². The fraction of sp³-hybridized carbons (Fsp3) is 0.250. The van der Waals surface area contributed by atoms with Gasteiger partial charge in [-0.05, 0) is 0 Å². The van der Waals surface area contributed by atoms with Gasteiger partial charge in [0.15, 0.2) is 0 Å². The zero-order chi connectivity index (χ0) is 9.84. The average molecular weight is 222 g/mol. The van der Waals surface area contributed by atoms with Crippen LogP contribution in [0.5, 0.6) is 11.5 Å². The molecule has 0 N–H and O–H groups in total. The monoisotopic (exact) mass is 221 g/mol. The highest BCUT2D eigenvalue weighted by molar-refractivity contribution is 6.49. The highest BCUT2D eigenvalue weighted by atomic mass is 35.5. The molecule has 0 aromatic heterocycles. The maximum Gasteiger partial charge on any atom is 0.124 e. The van der Waals surface area contributed by atoms with Crippen LogP contribution in [0.3, 0.4) is 0 Å². The molecule has 0 unspecified atom stereocenters. The average Bonchev–Trinajstić information content (AvgIpc) is 2.16. The molecule has 3 nitrogen and oxygen atoms in total. The van der Waals surface area contributed by atoms with Crippen molar-refractivity contribution < 1.29 is 9.47 Å². The summed E-state index contributed by atoms with van der Waals surface area (Å²) >= 11 is 11.1. The maximum absolute atomic E-state index is 5.55. The van der Waals surface area contributed by atoms with Gasteiger partial charge in [0.2, 0.25) is 0 Å². The number of methoxy groups -OCH3 is 2. The minimum Gasteiger partial charge on any atom is -0.497 e. The Morgan fingerprint density at radius 1 is 1.00 bits per heavy atom. The molecule has 0 amide bonds. The van der Waals surface area contributed by atoms with Gasteiger partial charge in [0, 0.05) is 41.8 Å². The predicted octanol–water partition coefficient (Wildman–Crippen LogP) is 2.82. The first kappa shape index (κ1) is 10.3. The lowest BCUT2D eigenvalue weighted by Crippen LogP contribution is -1.94. The second-order valence-corrected chi connectivity index (χ2v) is 3.15. The summed E-state index contributed by atoms with van der Waals surface area (Å²) in [5.74, 6) is 1.28. The molecule has 1 aromatic rings. The zero-order valence-electron chi connectivity index (χ0n) is 7.25. The molecule has 0 atom stereocenters. The van der Waals surface area contributed by atoms with E-state index >= 15 is 0 Å². The molecule has 0 heterocycles. The van der Waals surface area contributed by atoms with Crippen molar-refractivity contribution in [2.45, 2.75) is 0 Å². The van der Waals surface area contributed by atoms with E-state index in [2.05, 4.69) is 0 Å². The van der Waals surface area contributed by atoms with E-state index < -0.39 is 0 Å². The van der Waals surface area contributed by atoms with E-state index in [1.54, 1.807) is 32.4 Å². The summed E-state index contributed by atoms with van der Waals surface area (Å²) in [5.41, 5.74) is 0.597. The van der Waals surface area contributed by atoms with Gasteiger partial charge in [0.1, 0.15) is 11.5 Å². The van der Waals surface area contributed by atoms with E-state index in [0.717, 1.165) is 3.94 Å². The van der Waals surface area contributed by atoms with Crippen LogP contribution in [-0.2, 0) is 0 Å². The molecular weight excluding hydrogens is 213 g/mol. The molecule has 72 valence electrons. The first-order chi connectivity index (χ1) is 6.17. The van der Waals surface area contributed by atoms with Gasteiger partial charge in [-0.25, -0.2) is 0 Å². The number of nitrogens with zero attached hydrogens (tertiary/aromatic N) is 1. The van der Waals surface area contributed by atoms with Crippen LogP contribution >= 0.6 is 23.6 Å². The summed E-state index contributed by atoms with van der Waals surface area (Å²) in [6, 6.07) is 5.13. The first-order valence-corrected chi connectivity index (χ1v) is 4.19. The highest BCUT2D eigenvalue weighted by Gasteiger charge is 2.05. The summed E-state index contributed by atoms with van der Waals surface area (Å²) in [6.45, 7) is 0. The first-order valence-electron chi connectivity index (χ1n) is 3.52. The maximum atomic E-state index is 5.55. The highest BCUT2D eigenvalue weighted by Crippen LogP contribution is 2.30. The molecule has 0 bridgehead atoms. The van der Waals surface area contributed by atoms with E-state index in [9.17, 15) is 0 Å². The SMILES string of the molecule is COc1cc(OC)cc(N(Cl)Cl)c1. The van der Waals surface area contributed by atoms with Crippen molar-refractivity contribution in [3.05, 3.63) is 18.2 Å². The van der Waals surface area contributed by atoms with Crippen LogP contribution in [-0.4, -0.2) is 14.2 Å². The summed E-state index contributed by atoms with van der Waals surface area (Å²) in [5, 5.41) is 0. The van der Waals surface area contributed by atoms with Gasteiger partial charge in [0.25, 0.3) is 0 Å². The van der Waals surface area contributed by atoms with Crippen LogP contribution in [0.4, 0.5) is 5.69 Å². The quantitative estimate of drug-likeness (QED) is 0.734. The molecule has 1 rings (SSSR count). The molecule has 0 aliphatic rings. The van der Waals surface area contributed by atoms with Crippen LogP contribution in [0.15, 0.2) is 18.2 Å². The third-order valence-electron chi connectivity index (χ3n) is 1.53. The topological polar surface area (TPSA) is 21.7 Å². The summed E-state index contributed by atoms with van der Waals surface area (Å²) in [6.07, 6.45) is 0. The van der Waals surface area contributed by atoms with E-state index in [1.807, 2.05) is 0 Å². The van der Waals surface area contributed by atoms with E-state index in [1.165, 1.54) is 0 Å². The lowest BCUT2D eigenvalue weighted by Gasteiger charge is -2.10. The largest absolute Gasteiger partial charge is 0.497 e. The van der Waals surface area contributed by atoms with Crippen molar-refractivity contribution in [1.29, 1.82) is 0 Å². The van der Waals surface area contributed by atoms with E-state index in [4.69, 9.17) is 33.0 Å². The molecule has 0 aliphatic carbocycles. The van der Waals surface area contributed by atoms with Crippen molar-refractivity contribution in [2.75, 3.05) is 18.2 Å². The Morgan fingerprint density at radius 3 is 1.77 bits per heavy atom. The Kier molecular flexibility index (Phi) is 3.51. The van der Waals surface area contributed by atoms with Crippen LogP contribution in [0.25, 0.3) is 0 Å². The third-order valence-corrected chi connectivity index (χ3v) is 1.92. The zero-order valence-corrected chi connectivity index (χ0v) is 8.76. The molecule has 0 fully saturated rings. The third kappa shape index (κ3) is 2.57. The van der Waals surface area contributed by atoms with E-state index in [0.29, 0.717) is 17.2 Å². The van der Waals surface area contributed by atoms with Gasteiger partial charge in [-0.1, -0.05) is 0 Å². The number of ether oxygens (including phenoxy) is 2.